The number of rotatable bonds is 4. The summed E-state index contributed by atoms with van der Waals surface area (Å²) in [5.74, 6) is 0. The van der Waals surface area contributed by atoms with E-state index in [9.17, 15) is 0 Å². The molecule has 0 fully saturated rings. The van der Waals surface area contributed by atoms with E-state index < -0.39 is 0 Å². The van der Waals surface area contributed by atoms with Crippen molar-refractivity contribution in [3.63, 3.8) is 0 Å². The molecule has 2 aromatic rings. The smallest absolute Gasteiger partial charge is 0.0437 e. The Morgan fingerprint density at radius 3 is 2.40 bits per heavy atom. The van der Waals surface area contributed by atoms with Crippen LogP contribution in [-0.4, -0.2) is 7.05 Å². The molecule has 2 N–H and O–H groups in total. The second-order valence-corrected chi connectivity index (χ2v) is 6.65. The number of halogens is 2. The molecule has 2 rings (SSSR count). The maximum Gasteiger partial charge on any atom is 0.0437 e. The van der Waals surface area contributed by atoms with Gasteiger partial charge in [0.2, 0.25) is 0 Å². The zero-order valence-electron chi connectivity index (χ0n) is 11.6. The molecule has 0 amide bonds. The van der Waals surface area contributed by atoms with Crippen molar-refractivity contribution in [1.82, 2.24) is 0 Å². The first-order chi connectivity index (χ1) is 9.49. The van der Waals surface area contributed by atoms with Crippen molar-refractivity contribution in [1.29, 1.82) is 0 Å². The molecule has 106 valence electrons. The predicted octanol–water partition coefficient (Wildman–Crippen LogP) is 4.87. The van der Waals surface area contributed by atoms with Crippen LogP contribution in [0.2, 0.25) is 0 Å². The van der Waals surface area contributed by atoms with Gasteiger partial charge in [-0.15, -0.1) is 0 Å². The lowest BCUT2D eigenvalue weighted by atomic mass is 10.1. The van der Waals surface area contributed by atoms with Gasteiger partial charge in [-0.2, -0.15) is 0 Å². The third-order valence-electron chi connectivity index (χ3n) is 3.28. The summed E-state index contributed by atoms with van der Waals surface area (Å²) in [5, 5.41) is 0. The lowest BCUT2D eigenvalue weighted by molar-refractivity contribution is 0.811. The van der Waals surface area contributed by atoms with Crippen LogP contribution in [0.15, 0.2) is 51.4 Å². The molecule has 0 saturated carbocycles. The van der Waals surface area contributed by atoms with Gasteiger partial charge in [0.15, 0.2) is 0 Å². The van der Waals surface area contributed by atoms with Crippen LogP contribution in [0, 0.1) is 0 Å². The average Bonchev–Trinajstić information content (AvgIpc) is 2.40. The molecule has 0 aliphatic carbocycles. The van der Waals surface area contributed by atoms with Crippen molar-refractivity contribution >= 4 is 37.5 Å². The third-order valence-corrected chi connectivity index (χ3v) is 4.74. The van der Waals surface area contributed by atoms with E-state index in [0.29, 0.717) is 0 Å². The SMILES string of the molecule is C[C@H](N)c1ccc(N(C)Cc2ccccc2Br)cc1Br. The summed E-state index contributed by atoms with van der Waals surface area (Å²) in [6, 6.07) is 14.6. The quantitative estimate of drug-likeness (QED) is 0.797. The van der Waals surface area contributed by atoms with Crippen molar-refractivity contribution in [2.45, 2.75) is 19.5 Å². The van der Waals surface area contributed by atoms with E-state index >= 15 is 0 Å². The van der Waals surface area contributed by atoms with Crippen LogP contribution in [-0.2, 0) is 6.54 Å². The Morgan fingerprint density at radius 1 is 1.10 bits per heavy atom. The van der Waals surface area contributed by atoms with Gasteiger partial charge in [-0.3, -0.25) is 0 Å². The zero-order valence-corrected chi connectivity index (χ0v) is 14.8. The van der Waals surface area contributed by atoms with E-state index in [0.717, 1.165) is 26.7 Å². The largest absolute Gasteiger partial charge is 0.370 e. The average molecular weight is 398 g/mol. The van der Waals surface area contributed by atoms with Crippen LogP contribution < -0.4 is 10.6 Å². The molecular formula is C16H18Br2N2. The van der Waals surface area contributed by atoms with Gasteiger partial charge in [-0.1, -0.05) is 56.1 Å². The molecule has 0 unspecified atom stereocenters. The summed E-state index contributed by atoms with van der Waals surface area (Å²) in [6.07, 6.45) is 0. The molecule has 4 heteroatoms. The minimum atomic E-state index is 0.0343. The second kappa shape index (κ2) is 6.74. The van der Waals surface area contributed by atoms with Crippen LogP contribution in [0.4, 0.5) is 5.69 Å². The summed E-state index contributed by atoms with van der Waals surface area (Å²) in [7, 11) is 2.09. The fourth-order valence-electron chi connectivity index (χ4n) is 2.10. The molecule has 1 atom stereocenters. The highest BCUT2D eigenvalue weighted by Crippen LogP contribution is 2.28. The standard InChI is InChI=1S/C16H18Br2N2/c1-11(19)14-8-7-13(9-16(14)18)20(2)10-12-5-3-4-6-15(12)17/h3-9,11H,10,19H2,1-2H3/t11-/m0/s1. The highest BCUT2D eigenvalue weighted by molar-refractivity contribution is 9.10. The first kappa shape index (κ1) is 15.5. The van der Waals surface area contributed by atoms with E-state index in [1.54, 1.807) is 0 Å². The van der Waals surface area contributed by atoms with Gasteiger partial charge < -0.3 is 10.6 Å². The molecule has 2 nitrogen and oxygen atoms in total. The van der Waals surface area contributed by atoms with Crippen molar-refractivity contribution in [2.75, 3.05) is 11.9 Å². The zero-order chi connectivity index (χ0) is 14.7. The predicted molar refractivity (Wildman–Crippen MR) is 93.0 cm³/mol. The van der Waals surface area contributed by atoms with Crippen molar-refractivity contribution in [2.24, 2.45) is 5.73 Å². The Labute approximate surface area is 137 Å². The van der Waals surface area contributed by atoms with Gasteiger partial charge >= 0.3 is 0 Å². The van der Waals surface area contributed by atoms with Crippen LogP contribution in [0.3, 0.4) is 0 Å². The molecule has 0 aromatic heterocycles. The van der Waals surface area contributed by atoms with Gasteiger partial charge in [0, 0.05) is 34.3 Å². The third kappa shape index (κ3) is 3.62. The highest BCUT2D eigenvalue weighted by Gasteiger charge is 2.09. The summed E-state index contributed by atoms with van der Waals surface area (Å²) >= 11 is 7.19. The number of benzene rings is 2. The van der Waals surface area contributed by atoms with Crippen molar-refractivity contribution < 1.29 is 0 Å². The van der Waals surface area contributed by atoms with Crippen molar-refractivity contribution in [3.8, 4) is 0 Å². The van der Waals surface area contributed by atoms with Gasteiger partial charge in [-0.25, -0.2) is 0 Å². The second-order valence-electron chi connectivity index (χ2n) is 4.94. The lowest BCUT2D eigenvalue weighted by Crippen LogP contribution is -2.17. The highest BCUT2D eigenvalue weighted by atomic mass is 79.9. The van der Waals surface area contributed by atoms with E-state index in [4.69, 9.17) is 5.73 Å². The van der Waals surface area contributed by atoms with Crippen LogP contribution in [0.1, 0.15) is 24.1 Å². The Kier molecular flexibility index (Phi) is 5.24. The van der Waals surface area contributed by atoms with Gasteiger partial charge in [0.25, 0.3) is 0 Å². The van der Waals surface area contributed by atoms with Crippen molar-refractivity contribution in [3.05, 3.63) is 62.5 Å². The molecule has 2 aromatic carbocycles. The Hall–Kier alpha value is -0.840. The van der Waals surface area contributed by atoms with E-state index in [2.05, 4.69) is 80.2 Å². The Balaban J connectivity index is 2.20. The molecule has 0 spiro atoms. The summed E-state index contributed by atoms with van der Waals surface area (Å²) in [6.45, 7) is 2.84. The first-order valence-corrected chi connectivity index (χ1v) is 8.07. The number of anilines is 1. The van der Waals surface area contributed by atoms with Gasteiger partial charge in [-0.05, 0) is 36.2 Å². The van der Waals surface area contributed by atoms with E-state index in [-0.39, 0.29) is 6.04 Å². The topological polar surface area (TPSA) is 29.3 Å². The molecular weight excluding hydrogens is 380 g/mol. The summed E-state index contributed by atoms with van der Waals surface area (Å²) < 4.78 is 2.20. The monoisotopic (exact) mass is 396 g/mol. The maximum atomic E-state index is 5.93. The number of hydrogen-bond acceptors (Lipinski definition) is 2. The molecule has 0 bridgehead atoms. The van der Waals surface area contributed by atoms with E-state index in [1.807, 2.05) is 13.0 Å². The molecule has 0 aliphatic rings. The number of nitrogens with zero attached hydrogens (tertiary/aromatic N) is 1. The Bertz CT molecular complexity index is 597. The fourth-order valence-corrected chi connectivity index (χ4v) is 3.23. The van der Waals surface area contributed by atoms with Gasteiger partial charge in [0.1, 0.15) is 0 Å². The lowest BCUT2D eigenvalue weighted by Gasteiger charge is -2.21. The van der Waals surface area contributed by atoms with Gasteiger partial charge in [0.05, 0.1) is 0 Å². The molecule has 0 saturated heterocycles. The molecule has 20 heavy (non-hydrogen) atoms. The summed E-state index contributed by atoms with van der Waals surface area (Å²) in [4.78, 5) is 2.22. The Morgan fingerprint density at radius 2 is 1.80 bits per heavy atom. The molecule has 0 radical (unpaired) electrons. The number of nitrogens with two attached hydrogens (primary N) is 1. The van der Waals surface area contributed by atoms with Crippen LogP contribution in [0.25, 0.3) is 0 Å². The van der Waals surface area contributed by atoms with Crippen LogP contribution >= 0.6 is 31.9 Å². The molecule has 0 aliphatic heterocycles. The fraction of sp³-hybridized carbons (Fsp3) is 0.250. The van der Waals surface area contributed by atoms with E-state index in [1.165, 1.54) is 5.56 Å². The minimum Gasteiger partial charge on any atom is -0.370 e. The van der Waals surface area contributed by atoms with Crippen LogP contribution in [0.5, 0.6) is 0 Å². The first-order valence-electron chi connectivity index (χ1n) is 6.48. The molecule has 0 heterocycles. The minimum absolute atomic E-state index is 0.0343. The maximum absolute atomic E-state index is 5.93. The number of hydrogen-bond donors (Lipinski definition) is 1. The normalized spacial score (nSPS) is 12.2. The summed E-state index contributed by atoms with van der Waals surface area (Å²) in [5.41, 5.74) is 9.49.